The largest absolute Gasteiger partial charge is 0.395 e. The molecule has 124 valence electrons. The lowest BCUT2D eigenvalue weighted by Gasteiger charge is -2.34. The fourth-order valence-corrected chi connectivity index (χ4v) is 3.72. The van der Waals surface area contributed by atoms with Crippen LogP contribution in [0.3, 0.4) is 0 Å². The van der Waals surface area contributed by atoms with E-state index in [1.807, 2.05) is 6.07 Å². The zero-order valence-electron chi connectivity index (χ0n) is 13.5. The summed E-state index contributed by atoms with van der Waals surface area (Å²) in [4.78, 5) is 18.0. The summed E-state index contributed by atoms with van der Waals surface area (Å²) in [6.45, 7) is 9.29. The zero-order chi connectivity index (χ0) is 15.9. The number of nitrogens with zero attached hydrogens (tertiary/aromatic N) is 2. The maximum Gasteiger partial charge on any atom is 0.234 e. The molecule has 6 heteroatoms. The molecular weight excluding hydrogens is 298 g/mol. The molecule has 0 bridgehead atoms. The highest BCUT2D eigenvalue weighted by Crippen LogP contribution is 2.25. The smallest absolute Gasteiger partial charge is 0.234 e. The molecule has 2 heterocycles. The summed E-state index contributed by atoms with van der Waals surface area (Å²) in [5.41, 5.74) is 0. The minimum Gasteiger partial charge on any atom is -0.395 e. The fraction of sp³-hybridized carbons (Fsp3) is 0.688. The summed E-state index contributed by atoms with van der Waals surface area (Å²) >= 11 is 1.69. The van der Waals surface area contributed by atoms with Gasteiger partial charge in [0.1, 0.15) is 0 Å². The Hall–Kier alpha value is -0.950. The summed E-state index contributed by atoms with van der Waals surface area (Å²) in [5, 5.41) is 14.2. The van der Waals surface area contributed by atoms with Crippen LogP contribution in [-0.2, 0) is 4.79 Å². The fourth-order valence-electron chi connectivity index (χ4n) is 2.77. The molecule has 1 fully saturated rings. The Labute approximate surface area is 136 Å². The van der Waals surface area contributed by atoms with Crippen LogP contribution in [0, 0.1) is 5.92 Å². The van der Waals surface area contributed by atoms with Crippen molar-refractivity contribution in [1.82, 2.24) is 15.1 Å². The molecule has 1 saturated heterocycles. The van der Waals surface area contributed by atoms with Gasteiger partial charge in [0.05, 0.1) is 19.2 Å². The van der Waals surface area contributed by atoms with Crippen molar-refractivity contribution in [3.8, 4) is 0 Å². The molecule has 0 aliphatic carbocycles. The number of piperazine rings is 1. The molecule has 0 saturated carbocycles. The summed E-state index contributed by atoms with van der Waals surface area (Å²) in [6, 6.07) is 4.22. The first-order valence-corrected chi connectivity index (χ1v) is 8.86. The van der Waals surface area contributed by atoms with Gasteiger partial charge in [-0.1, -0.05) is 19.9 Å². The lowest BCUT2D eigenvalue weighted by Crippen LogP contribution is -2.50. The summed E-state index contributed by atoms with van der Waals surface area (Å²) in [7, 11) is 0. The number of carbonyl (C=O) groups excluding carboxylic acids is 1. The molecule has 1 aromatic rings. The third-order valence-corrected chi connectivity index (χ3v) is 5.04. The van der Waals surface area contributed by atoms with E-state index in [1.165, 1.54) is 4.88 Å². The van der Waals surface area contributed by atoms with E-state index in [1.54, 1.807) is 11.3 Å². The highest BCUT2D eigenvalue weighted by atomic mass is 32.1. The molecule has 2 N–H and O–H groups in total. The van der Waals surface area contributed by atoms with E-state index in [2.05, 4.69) is 40.4 Å². The van der Waals surface area contributed by atoms with Crippen molar-refractivity contribution in [1.29, 1.82) is 0 Å². The van der Waals surface area contributed by atoms with Gasteiger partial charge in [0.25, 0.3) is 0 Å². The molecule has 1 aromatic heterocycles. The second-order valence-electron chi connectivity index (χ2n) is 6.15. The predicted molar refractivity (Wildman–Crippen MR) is 90.0 cm³/mol. The van der Waals surface area contributed by atoms with E-state index in [9.17, 15) is 4.79 Å². The van der Waals surface area contributed by atoms with Crippen LogP contribution in [0.2, 0.25) is 0 Å². The zero-order valence-corrected chi connectivity index (χ0v) is 14.3. The lowest BCUT2D eigenvalue weighted by atomic mass is 10.0. The standard InChI is InChI=1S/C16H27N3O2S/c1-13(2)16(14-4-3-11-22-14)17-15(21)12-19-7-5-18(6-8-19)9-10-20/h3-4,11,13,16,20H,5-10,12H2,1-2H3,(H,17,21)/t16-/m0/s1. The van der Waals surface area contributed by atoms with Crippen LogP contribution in [0.5, 0.6) is 0 Å². The topological polar surface area (TPSA) is 55.8 Å². The Morgan fingerprint density at radius 2 is 2.00 bits per heavy atom. The lowest BCUT2D eigenvalue weighted by molar-refractivity contribution is -0.123. The van der Waals surface area contributed by atoms with Gasteiger partial charge in [-0.2, -0.15) is 0 Å². The first-order valence-electron chi connectivity index (χ1n) is 7.98. The molecular formula is C16H27N3O2S. The number of β-amino-alcohol motifs (C(OH)–C–C–N with tert-alkyl or cyclic N) is 1. The Balaban J connectivity index is 1.80. The minimum absolute atomic E-state index is 0.0997. The number of rotatable bonds is 7. The van der Waals surface area contributed by atoms with E-state index in [0.29, 0.717) is 12.5 Å². The van der Waals surface area contributed by atoms with Gasteiger partial charge in [0.2, 0.25) is 5.91 Å². The quantitative estimate of drug-likeness (QED) is 0.790. The summed E-state index contributed by atoms with van der Waals surface area (Å²) in [6.07, 6.45) is 0. The van der Waals surface area contributed by atoms with Gasteiger partial charge in [-0.3, -0.25) is 14.6 Å². The van der Waals surface area contributed by atoms with Crippen LogP contribution in [-0.4, -0.2) is 66.7 Å². The molecule has 22 heavy (non-hydrogen) atoms. The molecule has 0 radical (unpaired) electrons. The van der Waals surface area contributed by atoms with Gasteiger partial charge >= 0.3 is 0 Å². The van der Waals surface area contributed by atoms with Crippen molar-refractivity contribution < 1.29 is 9.90 Å². The second kappa shape index (κ2) is 8.62. The molecule has 2 rings (SSSR count). The van der Waals surface area contributed by atoms with E-state index in [-0.39, 0.29) is 18.6 Å². The molecule has 5 nitrogen and oxygen atoms in total. The number of carbonyl (C=O) groups is 1. The first-order chi connectivity index (χ1) is 10.6. The van der Waals surface area contributed by atoms with Gasteiger partial charge in [-0.15, -0.1) is 11.3 Å². The summed E-state index contributed by atoms with van der Waals surface area (Å²) < 4.78 is 0. The number of aliphatic hydroxyl groups is 1. The number of hydrogen-bond acceptors (Lipinski definition) is 5. The highest BCUT2D eigenvalue weighted by Gasteiger charge is 2.22. The Bertz CT molecular complexity index is 442. The van der Waals surface area contributed by atoms with Gasteiger partial charge in [-0.05, 0) is 17.4 Å². The number of amides is 1. The molecule has 1 aliphatic heterocycles. The molecule has 1 aliphatic rings. The third-order valence-electron chi connectivity index (χ3n) is 4.08. The van der Waals surface area contributed by atoms with Gasteiger partial charge in [0, 0.05) is 37.6 Å². The normalized spacial score (nSPS) is 18.5. The minimum atomic E-state index is 0.0997. The van der Waals surface area contributed by atoms with Gasteiger partial charge in [0.15, 0.2) is 0 Å². The molecule has 0 unspecified atom stereocenters. The van der Waals surface area contributed by atoms with Gasteiger partial charge < -0.3 is 10.4 Å². The van der Waals surface area contributed by atoms with Gasteiger partial charge in [-0.25, -0.2) is 0 Å². The van der Waals surface area contributed by atoms with E-state index >= 15 is 0 Å². The predicted octanol–water partition coefficient (Wildman–Crippen LogP) is 1.17. The average molecular weight is 325 g/mol. The molecule has 0 spiro atoms. The van der Waals surface area contributed by atoms with Crippen LogP contribution in [0.15, 0.2) is 17.5 Å². The number of hydrogen-bond donors (Lipinski definition) is 2. The second-order valence-corrected chi connectivity index (χ2v) is 7.13. The first kappa shape index (κ1) is 17.4. The number of thiophene rings is 1. The highest BCUT2D eigenvalue weighted by molar-refractivity contribution is 7.10. The van der Waals surface area contributed by atoms with Crippen molar-refractivity contribution in [2.45, 2.75) is 19.9 Å². The average Bonchev–Trinajstić information content (AvgIpc) is 3.01. The van der Waals surface area contributed by atoms with Crippen molar-refractivity contribution in [3.63, 3.8) is 0 Å². The Morgan fingerprint density at radius 3 is 2.55 bits per heavy atom. The Morgan fingerprint density at radius 1 is 1.32 bits per heavy atom. The van der Waals surface area contributed by atoms with E-state index < -0.39 is 0 Å². The summed E-state index contributed by atoms with van der Waals surface area (Å²) in [5.74, 6) is 0.478. The molecule has 0 aromatic carbocycles. The van der Waals surface area contributed by atoms with Crippen LogP contribution in [0.25, 0.3) is 0 Å². The van der Waals surface area contributed by atoms with Crippen LogP contribution < -0.4 is 5.32 Å². The third kappa shape index (κ3) is 5.05. The molecule has 1 amide bonds. The van der Waals surface area contributed by atoms with Crippen molar-refractivity contribution in [3.05, 3.63) is 22.4 Å². The van der Waals surface area contributed by atoms with Crippen LogP contribution >= 0.6 is 11.3 Å². The number of aliphatic hydroxyl groups excluding tert-OH is 1. The SMILES string of the molecule is CC(C)[C@H](NC(=O)CN1CCN(CCO)CC1)c1cccs1. The van der Waals surface area contributed by atoms with Crippen LogP contribution in [0.1, 0.15) is 24.8 Å². The van der Waals surface area contributed by atoms with E-state index in [0.717, 1.165) is 32.7 Å². The molecule has 1 atom stereocenters. The van der Waals surface area contributed by atoms with Crippen molar-refractivity contribution in [2.75, 3.05) is 45.9 Å². The monoisotopic (exact) mass is 325 g/mol. The van der Waals surface area contributed by atoms with Crippen molar-refractivity contribution >= 4 is 17.2 Å². The maximum absolute atomic E-state index is 12.3. The van der Waals surface area contributed by atoms with Crippen LogP contribution in [0.4, 0.5) is 0 Å². The van der Waals surface area contributed by atoms with E-state index in [4.69, 9.17) is 5.11 Å². The van der Waals surface area contributed by atoms with Crippen molar-refractivity contribution in [2.24, 2.45) is 5.92 Å². The Kier molecular flexibility index (Phi) is 6.82. The number of nitrogens with one attached hydrogen (secondary N) is 1. The maximum atomic E-state index is 12.3.